The zero-order chi connectivity index (χ0) is 15.2. The molecule has 0 bridgehead atoms. The fourth-order valence-electron chi connectivity index (χ4n) is 2.28. The molecule has 0 heterocycles. The van der Waals surface area contributed by atoms with Crippen LogP contribution in [0.3, 0.4) is 0 Å². The third kappa shape index (κ3) is 3.55. The Kier molecular flexibility index (Phi) is 4.84. The molecule has 0 aliphatic heterocycles. The molecule has 0 radical (unpaired) electrons. The molecule has 108 valence electrons. The maximum Gasteiger partial charge on any atom is 0.136 e. The van der Waals surface area contributed by atoms with E-state index in [1.807, 2.05) is 18.2 Å². The number of anilines is 1. The van der Waals surface area contributed by atoms with Gasteiger partial charge in [-0.2, -0.15) is 5.26 Å². The lowest BCUT2D eigenvalue weighted by molar-refractivity contribution is 0.413. The molecule has 2 aromatic rings. The van der Waals surface area contributed by atoms with Gasteiger partial charge in [-0.05, 0) is 41.8 Å². The smallest absolute Gasteiger partial charge is 0.136 e. The highest BCUT2D eigenvalue weighted by atomic mass is 16.5. The normalized spacial score (nSPS) is 10.0. The van der Waals surface area contributed by atoms with E-state index in [4.69, 9.17) is 10.00 Å². The van der Waals surface area contributed by atoms with Crippen molar-refractivity contribution >= 4 is 5.69 Å². The Bertz CT molecular complexity index is 641. The quantitative estimate of drug-likeness (QED) is 0.836. The summed E-state index contributed by atoms with van der Waals surface area (Å²) in [6.07, 6.45) is 1.05. The Morgan fingerprint density at radius 3 is 2.33 bits per heavy atom. The van der Waals surface area contributed by atoms with Gasteiger partial charge in [0.15, 0.2) is 0 Å². The van der Waals surface area contributed by atoms with E-state index in [9.17, 15) is 0 Å². The zero-order valence-electron chi connectivity index (χ0n) is 12.8. The summed E-state index contributed by atoms with van der Waals surface area (Å²) in [5.41, 5.74) is 4.20. The van der Waals surface area contributed by atoms with Crippen molar-refractivity contribution < 1.29 is 4.74 Å². The molecule has 0 aromatic heterocycles. The van der Waals surface area contributed by atoms with Gasteiger partial charge in [0, 0.05) is 19.3 Å². The Morgan fingerprint density at radius 2 is 1.76 bits per heavy atom. The van der Waals surface area contributed by atoms with Crippen LogP contribution in [0.4, 0.5) is 5.69 Å². The molecule has 0 fully saturated rings. The van der Waals surface area contributed by atoms with Crippen molar-refractivity contribution in [2.45, 2.75) is 19.9 Å². The molecule has 0 aliphatic carbocycles. The highest BCUT2D eigenvalue weighted by molar-refractivity contribution is 5.49. The summed E-state index contributed by atoms with van der Waals surface area (Å²) < 4.78 is 5.25. The Labute approximate surface area is 126 Å². The Morgan fingerprint density at radius 1 is 1.10 bits per heavy atom. The second-order valence-corrected chi connectivity index (χ2v) is 5.02. The molecular weight excluding hydrogens is 260 g/mol. The van der Waals surface area contributed by atoms with E-state index >= 15 is 0 Å². The molecule has 0 amide bonds. The standard InChI is InChI=1S/C18H20N2O/c1-4-14-6-9-17(10-7-14)20(2)13-15-5-8-16(12-19)18(11-15)21-3/h5-11H,4,13H2,1-3H3. The molecule has 0 aliphatic rings. The lowest BCUT2D eigenvalue weighted by Gasteiger charge is -2.20. The molecule has 0 N–H and O–H groups in total. The van der Waals surface area contributed by atoms with Crippen molar-refractivity contribution in [1.29, 1.82) is 5.26 Å². The van der Waals surface area contributed by atoms with E-state index < -0.39 is 0 Å². The van der Waals surface area contributed by atoms with Crippen LogP contribution in [0.2, 0.25) is 0 Å². The van der Waals surface area contributed by atoms with E-state index in [0.717, 1.165) is 18.5 Å². The van der Waals surface area contributed by atoms with Crippen LogP contribution in [0.15, 0.2) is 42.5 Å². The van der Waals surface area contributed by atoms with Gasteiger partial charge >= 0.3 is 0 Å². The number of benzene rings is 2. The minimum absolute atomic E-state index is 0.566. The molecule has 2 rings (SSSR count). The number of nitrogens with zero attached hydrogens (tertiary/aromatic N) is 2. The minimum Gasteiger partial charge on any atom is -0.495 e. The van der Waals surface area contributed by atoms with Gasteiger partial charge in [-0.1, -0.05) is 25.1 Å². The van der Waals surface area contributed by atoms with Crippen LogP contribution in [0, 0.1) is 11.3 Å². The number of hydrogen-bond donors (Lipinski definition) is 0. The van der Waals surface area contributed by atoms with Crippen molar-refractivity contribution in [3.63, 3.8) is 0 Å². The number of rotatable bonds is 5. The SMILES string of the molecule is CCc1ccc(N(C)Cc2ccc(C#N)c(OC)c2)cc1. The van der Waals surface area contributed by atoms with Gasteiger partial charge in [-0.25, -0.2) is 0 Å². The van der Waals surface area contributed by atoms with Crippen LogP contribution in [-0.4, -0.2) is 14.2 Å². The predicted octanol–water partition coefficient (Wildman–Crippen LogP) is 3.77. The first-order valence-electron chi connectivity index (χ1n) is 7.05. The van der Waals surface area contributed by atoms with Gasteiger partial charge in [0.1, 0.15) is 11.8 Å². The van der Waals surface area contributed by atoms with Gasteiger partial charge in [-0.15, -0.1) is 0 Å². The summed E-state index contributed by atoms with van der Waals surface area (Å²) in [4.78, 5) is 2.18. The number of nitriles is 1. The summed E-state index contributed by atoms with van der Waals surface area (Å²) >= 11 is 0. The maximum absolute atomic E-state index is 9.01. The lowest BCUT2D eigenvalue weighted by atomic mass is 10.1. The maximum atomic E-state index is 9.01. The van der Waals surface area contributed by atoms with E-state index in [1.165, 1.54) is 11.3 Å². The zero-order valence-corrected chi connectivity index (χ0v) is 12.8. The Balaban J connectivity index is 2.15. The molecule has 0 saturated carbocycles. The second-order valence-electron chi connectivity index (χ2n) is 5.02. The van der Waals surface area contributed by atoms with Crippen LogP contribution < -0.4 is 9.64 Å². The van der Waals surface area contributed by atoms with Crippen LogP contribution in [0.25, 0.3) is 0 Å². The van der Waals surface area contributed by atoms with Gasteiger partial charge in [0.2, 0.25) is 0 Å². The fourth-order valence-corrected chi connectivity index (χ4v) is 2.28. The third-order valence-corrected chi connectivity index (χ3v) is 3.59. The van der Waals surface area contributed by atoms with Crippen LogP contribution in [0.5, 0.6) is 5.75 Å². The Hall–Kier alpha value is -2.47. The number of hydrogen-bond acceptors (Lipinski definition) is 3. The first-order valence-corrected chi connectivity index (χ1v) is 7.05. The van der Waals surface area contributed by atoms with Crippen molar-refractivity contribution in [3.8, 4) is 11.8 Å². The highest BCUT2D eigenvalue weighted by Crippen LogP contribution is 2.22. The van der Waals surface area contributed by atoms with Gasteiger partial charge in [0.25, 0.3) is 0 Å². The van der Waals surface area contributed by atoms with Gasteiger partial charge < -0.3 is 9.64 Å². The molecule has 0 saturated heterocycles. The number of ether oxygens (including phenoxy) is 1. The molecular formula is C18H20N2O. The summed E-state index contributed by atoms with van der Waals surface area (Å²) in [6.45, 7) is 2.93. The fraction of sp³-hybridized carbons (Fsp3) is 0.278. The summed E-state index contributed by atoms with van der Waals surface area (Å²) in [5.74, 6) is 0.629. The van der Waals surface area contributed by atoms with E-state index in [2.05, 4.69) is 49.2 Å². The van der Waals surface area contributed by atoms with Gasteiger partial charge in [-0.3, -0.25) is 0 Å². The molecule has 3 heteroatoms. The summed E-state index contributed by atoms with van der Waals surface area (Å²) in [6, 6.07) is 16.4. The molecule has 3 nitrogen and oxygen atoms in total. The van der Waals surface area contributed by atoms with Crippen LogP contribution in [0.1, 0.15) is 23.6 Å². The molecule has 2 aromatic carbocycles. The average Bonchev–Trinajstić information content (AvgIpc) is 2.54. The lowest BCUT2D eigenvalue weighted by Crippen LogP contribution is -2.16. The van der Waals surface area contributed by atoms with Gasteiger partial charge in [0.05, 0.1) is 12.7 Å². The summed E-state index contributed by atoms with van der Waals surface area (Å²) in [5, 5.41) is 9.01. The van der Waals surface area contributed by atoms with Crippen molar-refractivity contribution in [1.82, 2.24) is 0 Å². The first-order chi connectivity index (χ1) is 10.2. The van der Waals surface area contributed by atoms with E-state index in [0.29, 0.717) is 11.3 Å². The first kappa shape index (κ1) is 14.9. The predicted molar refractivity (Wildman–Crippen MR) is 85.6 cm³/mol. The molecule has 0 unspecified atom stereocenters. The second kappa shape index (κ2) is 6.81. The monoisotopic (exact) mass is 280 g/mol. The largest absolute Gasteiger partial charge is 0.495 e. The molecule has 0 atom stereocenters. The van der Waals surface area contributed by atoms with E-state index in [1.54, 1.807) is 7.11 Å². The average molecular weight is 280 g/mol. The molecule has 0 spiro atoms. The van der Waals surface area contributed by atoms with Crippen molar-refractivity contribution in [3.05, 3.63) is 59.2 Å². The van der Waals surface area contributed by atoms with Crippen molar-refractivity contribution in [2.75, 3.05) is 19.1 Å². The van der Waals surface area contributed by atoms with Crippen LogP contribution in [-0.2, 0) is 13.0 Å². The minimum atomic E-state index is 0.566. The topological polar surface area (TPSA) is 36.3 Å². The highest BCUT2D eigenvalue weighted by Gasteiger charge is 2.06. The number of methoxy groups -OCH3 is 1. The molecule has 21 heavy (non-hydrogen) atoms. The van der Waals surface area contributed by atoms with Crippen LogP contribution >= 0.6 is 0 Å². The third-order valence-electron chi connectivity index (χ3n) is 3.59. The number of aryl methyl sites for hydroxylation is 1. The summed E-state index contributed by atoms with van der Waals surface area (Å²) in [7, 11) is 3.65. The van der Waals surface area contributed by atoms with E-state index in [-0.39, 0.29) is 0 Å². The van der Waals surface area contributed by atoms with Crippen molar-refractivity contribution in [2.24, 2.45) is 0 Å².